The monoisotopic (exact) mass is 328 g/mol. The molecular weight excluding hydrogens is 304 g/mol. The standard InChI is InChI=1S/C19H24N2O3/c1-2-13-7-9-14(10-8-13)20-17(22)11-12-21-18(23)15-5-3-4-6-16(15)19(21)24/h7-10,15-16H,2-6,11-12H2,1H3,(H,20,22)/t15-,16-/m0/s1. The molecule has 2 fully saturated rings. The van der Waals surface area contributed by atoms with E-state index in [1.807, 2.05) is 24.3 Å². The lowest BCUT2D eigenvalue weighted by molar-refractivity contribution is -0.140. The molecule has 1 N–H and O–H groups in total. The molecule has 3 rings (SSSR count). The van der Waals surface area contributed by atoms with Crippen LogP contribution in [0, 0.1) is 11.8 Å². The van der Waals surface area contributed by atoms with Crippen LogP contribution in [0.15, 0.2) is 24.3 Å². The number of imide groups is 1. The third-order valence-corrected chi connectivity index (χ3v) is 5.14. The maximum absolute atomic E-state index is 12.4. The highest BCUT2D eigenvalue weighted by molar-refractivity contribution is 6.05. The van der Waals surface area contributed by atoms with Gasteiger partial charge < -0.3 is 5.32 Å². The number of carbonyl (C=O) groups excluding carboxylic acids is 3. The summed E-state index contributed by atoms with van der Waals surface area (Å²) in [5.41, 5.74) is 1.95. The summed E-state index contributed by atoms with van der Waals surface area (Å²) in [5, 5.41) is 2.82. The minimum Gasteiger partial charge on any atom is -0.326 e. The zero-order chi connectivity index (χ0) is 17.1. The van der Waals surface area contributed by atoms with E-state index in [1.165, 1.54) is 10.5 Å². The number of amides is 3. The van der Waals surface area contributed by atoms with Crippen molar-refractivity contribution in [3.63, 3.8) is 0 Å². The number of nitrogens with one attached hydrogen (secondary N) is 1. The molecule has 5 nitrogen and oxygen atoms in total. The van der Waals surface area contributed by atoms with Crippen LogP contribution in [0.25, 0.3) is 0 Å². The zero-order valence-corrected chi connectivity index (χ0v) is 14.1. The van der Waals surface area contributed by atoms with Crippen LogP contribution >= 0.6 is 0 Å². The minimum absolute atomic E-state index is 0.0789. The third kappa shape index (κ3) is 3.35. The van der Waals surface area contributed by atoms with Crippen molar-refractivity contribution in [2.75, 3.05) is 11.9 Å². The lowest BCUT2D eigenvalue weighted by Crippen LogP contribution is -2.34. The van der Waals surface area contributed by atoms with E-state index in [4.69, 9.17) is 0 Å². The van der Waals surface area contributed by atoms with Gasteiger partial charge in [-0.1, -0.05) is 31.9 Å². The molecule has 0 bridgehead atoms. The van der Waals surface area contributed by atoms with E-state index in [2.05, 4.69) is 12.2 Å². The molecule has 0 spiro atoms. The molecular formula is C19H24N2O3. The van der Waals surface area contributed by atoms with E-state index in [0.29, 0.717) is 0 Å². The summed E-state index contributed by atoms with van der Waals surface area (Å²) in [7, 11) is 0. The van der Waals surface area contributed by atoms with Gasteiger partial charge in [0.05, 0.1) is 11.8 Å². The van der Waals surface area contributed by atoms with Crippen molar-refractivity contribution < 1.29 is 14.4 Å². The summed E-state index contributed by atoms with van der Waals surface area (Å²) in [6.07, 6.45) is 4.75. The van der Waals surface area contributed by atoms with Gasteiger partial charge >= 0.3 is 0 Å². The molecule has 0 aromatic heterocycles. The van der Waals surface area contributed by atoms with Gasteiger partial charge in [0, 0.05) is 18.7 Å². The van der Waals surface area contributed by atoms with Crippen LogP contribution in [0.1, 0.15) is 44.6 Å². The first-order valence-corrected chi connectivity index (χ1v) is 8.84. The first-order chi connectivity index (χ1) is 11.6. The average Bonchev–Trinajstić information content (AvgIpc) is 2.85. The number of fused-ring (bicyclic) bond motifs is 1. The molecule has 1 aromatic rings. The van der Waals surface area contributed by atoms with E-state index >= 15 is 0 Å². The number of nitrogens with zero attached hydrogens (tertiary/aromatic N) is 1. The molecule has 1 saturated carbocycles. The van der Waals surface area contributed by atoms with Crippen molar-refractivity contribution in [2.24, 2.45) is 11.8 Å². The van der Waals surface area contributed by atoms with E-state index < -0.39 is 0 Å². The van der Waals surface area contributed by atoms with Crippen molar-refractivity contribution in [3.8, 4) is 0 Å². The smallest absolute Gasteiger partial charge is 0.233 e. The molecule has 0 radical (unpaired) electrons. The highest BCUT2D eigenvalue weighted by Crippen LogP contribution is 2.37. The second kappa shape index (κ2) is 7.16. The summed E-state index contributed by atoms with van der Waals surface area (Å²) in [6.45, 7) is 2.26. The third-order valence-electron chi connectivity index (χ3n) is 5.14. The van der Waals surface area contributed by atoms with Crippen LogP contribution < -0.4 is 5.32 Å². The Morgan fingerprint density at radius 3 is 2.21 bits per heavy atom. The number of hydrogen-bond acceptors (Lipinski definition) is 3. The van der Waals surface area contributed by atoms with Crippen LogP contribution in [-0.4, -0.2) is 29.2 Å². The zero-order valence-electron chi connectivity index (χ0n) is 14.1. The molecule has 2 aliphatic rings. The maximum Gasteiger partial charge on any atom is 0.233 e. The quantitative estimate of drug-likeness (QED) is 0.845. The Hall–Kier alpha value is -2.17. The van der Waals surface area contributed by atoms with Crippen molar-refractivity contribution in [1.29, 1.82) is 0 Å². The average molecular weight is 328 g/mol. The Labute approximate surface area is 142 Å². The van der Waals surface area contributed by atoms with E-state index in [9.17, 15) is 14.4 Å². The maximum atomic E-state index is 12.4. The Kier molecular flexibility index (Phi) is 4.97. The molecule has 1 aliphatic carbocycles. The summed E-state index contributed by atoms with van der Waals surface area (Å²) in [6, 6.07) is 7.70. The van der Waals surface area contributed by atoms with Crippen molar-refractivity contribution in [3.05, 3.63) is 29.8 Å². The van der Waals surface area contributed by atoms with Gasteiger partial charge in [-0.15, -0.1) is 0 Å². The van der Waals surface area contributed by atoms with Crippen LogP contribution in [-0.2, 0) is 20.8 Å². The predicted octanol–water partition coefficient (Wildman–Crippen LogP) is 2.75. The van der Waals surface area contributed by atoms with Crippen LogP contribution in [0.2, 0.25) is 0 Å². The lowest BCUT2D eigenvalue weighted by atomic mass is 9.81. The normalized spacial score (nSPS) is 23.3. The molecule has 1 saturated heterocycles. The van der Waals surface area contributed by atoms with Crippen LogP contribution in [0.3, 0.4) is 0 Å². The van der Waals surface area contributed by atoms with Gasteiger partial charge in [-0.2, -0.15) is 0 Å². The first-order valence-electron chi connectivity index (χ1n) is 8.84. The number of rotatable bonds is 5. The van der Waals surface area contributed by atoms with Gasteiger partial charge in [0.1, 0.15) is 0 Å². The molecule has 24 heavy (non-hydrogen) atoms. The highest BCUT2D eigenvalue weighted by atomic mass is 16.2. The minimum atomic E-state index is -0.172. The fourth-order valence-electron chi connectivity index (χ4n) is 3.71. The Balaban J connectivity index is 1.54. The fourth-order valence-corrected chi connectivity index (χ4v) is 3.71. The molecule has 1 heterocycles. The molecule has 1 aromatic carbocycles. The summed E-state index contributed by atoms with van der Waals surface area (Å²) in [4.78, 5) is 38.1. The number of hydrogen-bond donors (Lipinski definition) is 1. The number of benzene rings is 1. The number of carbonyl (C=O) groups is 3. The number of aryl methyl sites for hydroxylation is 1. The lowest BCUT2D eigenvalue weighted by Gasteiger charge is -2.19. The highest BCUT2D eigenvalue weighted by Gasteiger charge is 2.47. The van der Waals surface area contributed by atoms with Crippen molar-refractivity contribution in [2.45, 2.75) is 45.4 Å². The predicted molar refractivity (Wildman–Crippen MR) is 91.2 cm³/mol. The fraction of sp³-hybridized carbons (Fsp3) is 0.526. The Morgan fingerprint density at radius 2 is 1.67 bits per heavy atom. The number of anilines is 1. The largest absolute Gasteiger partial charge is 0.326 e. The second-order valence-electron chi connectivity index (χ2n) is 6.67. The van der Waals surface area contributed by atoms with Gasteiger partial charge in [-0.3, -0.25) is 19.3 Å². The molecule has 1 aliphatic heterocycles. The second-order valence-corrected chi connectivity index (χ2v) is 6.67. The van der Waals surface area contributed by atoms with Gasteiger partial charge in [0.25, 0.3) is 0 Å². The molecule has 2 atom stereocenters. The summed E-state index contributed by atoms with van der Waals surface area (Å²) < 4.78 is 0. The van der Waals surface area contributed by atoms with Crippen LogP contribution in [0.4, 0.5) is 5.69 Å². The first kappa shape index (κ1) is 16.7. The molecule has 0 unspecified atom stereocenters. The van der Waals surface area contributed by atoms with Crippen LogP contribution in [0.5, 0.6) is 0 Å². The van der Waals surface area contributed by atoms with E-state index in [1.54, 1.807) is 0 Å². The topological polar surface area (TPSA) is 66.5 Å². The van der Waals surface area contributed by atoms with Gasteiger partial charge in [0.15, 0.2) is 0 Å². The molecule has 3 amide bonds. The molecule has 128 valence electrons. The van der Waals surface area contributed by atoms with E-state index in [0.717, 1.165) is 37.8 Å². The SMILES string of the molecule is CCc1ccc(NC(=O)CCN2C(=O)[C@H]3CCCC[C@@H]3C2=O)cc1. The summed E-state index contributed by atoms with van der Waals surface area (Å²) >= 11 is 0. The number of likely N-dealkylation sites (tertiary alicyclic amines) is 1. The molecule has 5 heteroatoms. The summed E-state index contributed by atoms with van der Waals surface area (Å²) in [5.74, 6) is -0.615. The van der Waals surface area contributed by atoms with Crippen molar-refractivity contribution >= 4 is 23.4 Å². The Bertz CT molecular complexity index is 615. The Morgan fingerprint density at radius 1 is 1.08 bits per heavy atom. The van der Waals surface area contributed by atoms with E-state index in [-0.39, 0.29) is 42.5 Å². The van der Waals surface area contributed by atoms with Gasteiger partial charge in [0.2, 0.25) is 17.7 Å². The van der Waals surface area contributed by atoms with Gasteiger partial charge in [-0.05, 0) is 37.0 Å². The van der Waals surface area contributed by atoms with Crippen molar-refractivity contribution in [1.82, 2.24) is 4.90 Å². The van der Waals surface area contributed by atoms with Gasteiger partial charge in [-0.25, -0.2) is 0 Å².